The molecular weight excluding hydrogens is 707 g/mol. The molecule has 5 nitrogen and oxygen atoms in total. The zero-order valence-corrected chi connectivity index (χ0v) is 32.1. The minimum Gasteiger partial charge on any atom is -0.309 e. The number of fused-ring (bicyclic) bond motifs is 6. The molecule has 8 aromatic carbocycles. The van der Waals surface area contributed by atoms with Crippen LogP contribution in [-0.4, -0.2) is 24.1 Å². The van der Waals surface area contributed by atoms with Gasteiger partial charge in [0.25, 0.3) is 0 Å². The third-order valence-corrected chi connectivity index (χ3v) is 11.3. The molecule has 0 saturated carbocycles. The monoisotopic (exact) mass is 743 g/mol. The van der Waals surface area contributed by atoms with Crippen molar-refractivity contribution in [3.8, 4) is 56.7 Å². The highest BCUT2D eigenvalue weighted by Gasteiger charge is 2.18. The number of rotatable bonds is 6. The summed E-state index contributed by atoms with van der Waals surface area (Å²) < 4.78 is 4.74. The number of hydrogen-bond acceptors (Lipinski definition) is 3. The fourth-order valence-electron chi connectivity index (χ4n) is 8.39. The van der Waals surface area contributed by atoms with E-state index in [-0.39, 0.29) is 0 Å². The first kappa shape index (κ1) is 33.7. The van der Waals surface area contributed by atoms with E-state index in [1.807, 2.05) is 0 Å². The van der Waals surface area contributed by atoms with Crippen molar-refractivity contribution >= 4 is 43.6 Å². The molecule has 11 aromatic rings. The summed E-state index contributed by atoms with van der Waals surface area (Å²) in [6.45, 7) is 4.18. The molecule has 58 heavy (non-hydrogen) atoms. The molecule has 0 amide bonds. The Kier molecular flexibility index (Phi) is 7.86. The summed E-state index contributed by atoms with van der Waals surface area (Å²) in [4.78, 5) is 15.1. The van der Waals surface area contributed by atoms with Gasteiger partial charge in [0.1, 0.15) is 0 Å². The molecule has 0 fully saturated rings. The van der Waals surface area contributed by atoms with Gasteiger partial charge in [0, 0.05) is 49.6 Å². The number of nitrogens with zero attached hydrogens (tertiary/aromatic N) is 5. The smallest absolute Gasteiger partial charge is 0.164 e. The van der Waals surface area contributed by atoms with Gasteiger partial charge in [-0.2, -0.15) is 0 Å². The van der Waals surface area contributed by atoms with E-state index < -0.39 is 0 Å². The molecule has 5 heteroatoms. The van der Waals surface area contributed by atoms with Crippen molar-refractivity contribution in [3.63, 3.8) is 0 Å². The first-order valence-corrected chi connectivity index (χ1v) is 19.7. The van der Waals surface area contributed by atoms with E-state index in [0.717, 1.165) is 44.7 Å². The van der Waals surface area contributed by atoms with Gasteiger partial charge in [-0.15, -0.1) is 0 Å². The fraction of sp³-hybridized carbons (Fsp3) is 0.0377. The average Bonchev–Trinajstić information content (AvgIpc) is 3.79. The molecule has 3 aromatic heterocycles. The van der Waals surface area contributed by atoms with E-state index in [1.165, 1.54) is 49.3 Å². The Morgan fingerprint density at radius 1 is 0.293 bits per heavy atom. The Hall–Kier alpha value is -7.63. The summed E-state index contributed by atoms with van der Waals surface area (Å²) in [5.41, 5.74) is 14.4. The summed E-state index contributed by atoms with van der Waals surface area (Å²) in [6, 6.07) is 67.0. The summed E-state index contributed by atoms with van der Waals surface area (Å²) in [5, 5.41) is 4.89. The molecule has 0 atom stereocenters. The maximum absolute atomic E-state index is 5.08. The van der Waals surface area contributed by atoms with Crippen molar-refractivity contribution in [2.45, 2.75) is 13.8 Å². The molecule has 0 aliphatic heterocycles. The van der Waals surface area contributed by atoms with Crippen LogP contribution in [-0.2, 0) is 0 Å². The van der Waals surface area contributed by atoms with Gasteiger partial charge in [-0.3, -0.25) is 0 Å². The van der Waals surface area contributed by atoms with E-state index in [2.05, 4.69) is 211 Å². The van der Waals surface area contributed by atoms with E-state index >= 15 is 0 Å². The molecule has 274 valence electrons. The highest BCUT2D eigenvalue weighted by Crippen LogP contribution is 2.39. The average molecular weight is 744 g/mol. The number of benzene rings is 8. The first-order valence-electron chi connectivity index (χ1n) is 19.7. The molecule has 0 N–H and O–H groups in total. The van der Waals surface area contributed by atoms with Crippen molar-refractivity contribution in [2.24, 2.45) is 0 Å². The second-order valence-electron chi connectivity index (χ2n) is 15.1. The Morgan fingerprint density at radius 3 is 1.41 bits per heavy atom. The van der Waals surface area contributed by atoms with Crippen LogP contribution in [0.25, 0.3) is 100 Å². The lowest BCUT2D eigenvalue weighted by molar-refractivity contribution is 1.07. The van der Waals surface area contributed by atoms with Crippen molar-refractivity contribution in [1.82, 2.24) is 24.1 Å². The third-order valence-electron chi connectivity index (χ3n) is 11.3. The second kappa shape index (κ2) is 13.5. The molecule has 0 aliphatic carbocycles. The van der Waals surface area contributed by atoms with Crippen molar-refractivity contribution < 1.29 is 0 Å². The van der Waals surface area contributed by atoms with Crippen LogP contribution in [0.1, 0.15) is 11.1 Å². The van der Waals surface area contributed by atoms with Gasteiger partial charge in [0.2, 0.25) is 0 Å². The third kappa shape index (κ3) is 5.67. The van der Waals surface area contributed by atoms with E-state index in [4.69, 9.17) is 15.0 Å². The Morgan fingerprint density at radius 2 is 0.759 bits per heavy atom. The van der Waals surface area contributed by atoms with Crippen LogP contribution in [0.2, 0.25) is 0 Å². The van der Waals surface area contributed by atoms with Gasteiger partial charge in [-0.1, -0.05) is 145 Å². The SMILES string of the molecule is Cc1ccc(-c2nc(-c3ccc(C)cc3)nc(-c3cccc(-n4c5ccccc5c5ccc(-c6ccc7c(c6)c6ccccc6n7-c6ccccc6)cc54)c3)n2)cc1. The fourth-order valence-corrected chi connectivity index (χ4v) is 8.39. The lowest BCUT2D eigenvalue weighted by Gasteiger charge is -2.12. The van der Waals surface area contributed by atoms with Gasteiger partial charge >= 0.3 is 0 Å². The predicted molar refractivity (Wildman–Crippen MR) is 240 cm³/mol. The van der Waals surface area contributed by atoms with E-state index in [1.54, 1.807) is 0 Å². The van der Waals surface area contributed by atoms with Gasteiger partial charge in [-0.25, -0.2) is 15.0 Å². The molecule has 0 spiro atoms. The zero-order valence-electron chi connectivity index (χ0n) is 32.1. The number of para-hydroxylation sites is 3. The van der Waals surface area contributed by atoms with Gasteiger partial charge in [-0.05, 0) is 79.6 Å². The van der Waals surface area contributed by atoms with Crippen LogP contribution in [0.5, 0.6) is 0 Å². The molecule has 0 saturated heterocycles. The van der Waals surface area contributed by atoms with E-state index in [0.29, 0.717) is 17.5 Å². The van der Waals surface area contributed by atoms with Crippen LogP contribution in [0.4, 0.5) is 0 Å². The lowest BCUT2D eigenvalue weighted by Crippen LogP contribution is -2.01. The summed E-state index contributed by atoms with van der Waals surface area (Å²) in [7, 11) is 0. The quantitative estimate of drug-likeness (QED) is 0.170. The highest BCUT2D eigenvalue weighted by atomic mass is 15.0. The Balaban J connectivity index is 1.07. The molecule has 3 heterocycles. The van der Waals surface area contributed by atoms with Gasteiger partial charge in [0.15, 0.2) is 17.5 Å². The van der Waals surface area contributed by atoms with Gasteiger partial charge in [0.05, 0.1) is 22.1 Å². The number of hydrogen-bond donors (Lipinski definition) is 0. The van der Waals surface area contributed by atoms with Crippen molar-refractivity contribution in [1.29, 1.82) is 0 Å². The topological polar surface area (TPSA) is 48.5 Å². The van der Waals surface area contributed by atoms with Crippen LogP contribution in [0, 0.1) is 13.8 Å². The number of aryl methyl sites for hydroxylation is 2. The second-order valence-corrected chi connectivity index (χ2v) is 15.1. The molecule has 11 rings (SSSR count). The molecule has 0 aliphatic rings. The van der Waals surface area contributed by atoms with Crippen molar-refractivity contribution in [2.75, 3.05) is 0 Å². The van der Waals surface area contributed by atoms with E-state index in [9.17, 15) is 0 Å². The van der Waals surface area contributed by atoms with Gasteiger partial charge < -0.3 is 9.13 Å². The maximum Gasteiger partial charge on any atom is 0.164 e. The van der Waals surface area contributed by atoms with Crippen LogP contribution in [0.15, 0.2) is 188 Å². The summed E-state index contributed by atoms with van der Waals surface area (Å²) in [5.74, 6) is 1.93. The number of aromatic nitrogens is 5. The van der Waals surface area contributed by atoms with Crippen LogP contribution < -0.4 is 0 Å². The Labute approximate surface area is 336 Å². The van der Waals surface area contributed by atoms with Crippen molar-refractivity contribution in [3.05, 3.63) is 199 Å². The summed E-state index contributed by atoms with van der Waals surface area (Å²) in [6.07, 6.45) is 0. The predicted octanol–water partition coefficient (Wildman–Crippen LogP) is 13.4. The lowest BCUT2D eigenvalue weighted by atomic mass is 10.0. The largest absolute Gasteiger partial charge is 0.309 e. The van der Waals surface area contributed by atoms with Crippen LogP contribution >= 0.6 is 0 Å². The Bertz CT molecular complexity index is 3270. The minimum absolute atomic E-state index is 0.632. The maximum atomic E-state index is 5.08. The first-order chi connectivity index (χ1) is 28.6. The minimum atomic E-state index is 0.632. The molecular formula is C53H37N5. The standard InChI is InChI=1S/C53H37N5/c1-34-19-23-36(24-20-34)51-54-52(37-25-21-35(2)22-26-37)56-53(55-51)40-11-10-14-42(31-40)58-47-17-8-6-15-43(47)45-29-27-39(33-50(45)58)38-28-30-49-46(32-38)44-16-7-9-18-48(44)57(49)41-12-4-3-5-13-41/h3-33H,1-2H3. The zero-order chi connectivity index (χ0) is 38.7. The molecule has 0 bridgehead atoms. The molecule has 0 unspecified atom stereocenters. The normalized spacial score (nSPS) is 11.6. The summed E-state index contributed by atoms with van der Waals surface area (Å²) >= 11 is 0. The van der Waals surface area contributed by atoms with Crippen LogP contribution in [0.3, 0.4) is 0 Å². The molecule has 0 radical (unpaired) electrons. The highest BCUT2D eigenvalue weighted by molar-refractivity contribution is 6.12.